The number of hydrogen-bond acceptors (Lipinski definition) is 3. The average Bonchev–Trinajstić information content (AvgIpc) is 2.82. The molecular formula is C27H32N2O4. The Labute approximate surface area is 195 Å². The van der Waals surface area contributed by atoms with Gasteiger partial charge in [-0.25, -0.2) is 4.79 Å². The van der Waals surface area contributed by atoms with Crippen molar-refractivity contribution in [1.82, 2.24) is 5.32 Å². The molecule has 0 spiro atoms. The number of rotatable bonds is 13. The molecule has 0 atom stereocenters. The third-order valence-corrected chi connectivity index (χ3v) is 5.03. The van der Waals surface area contributed by atoms with Gasteiger partial charge in [0.15, 0.2) is 0 Å². The van der Waals surface area contributed by atoms with Crippen LogP contribution in [0.25, 0.3) is 5.57 Å². The number of nitrogens with one attached hydrogen (secondary N) is 2. The van der Waals surface area contributed by atoms with Crippen LogP contribution in [0.2, 0.25) is 0 Å². The zero-order valence-electron chi connectivity index (χ0n) is 19.0. The molecule has 0 radical (unpaired) electrons. The van der Waals surface area contributed by atoms with Crippen molar-refractivity contribution < 1.29 is 19.5 Å². The minimum atomic E-state index is -1.19. The van der Waals surface area contributed by atoms with Crippen molar-refractivity contribution in [1.29, 1.82) is 0 Å². The first-order valence-corrected chi connectivity index (χ1v) is 11.4. The molecule has 0 aliphatic rings. The average molecular weight is 449 g/mol. The van der Waals surface area contributed by atoms with Gasteiger partial charge in [0.1, 0.15) is 0 Å². The summed E-state index contributed by atoms with van der Waals surface area (Å²) in [6, 6.07) is 16.7. The molecule has 2 rings (SSSR count). The van der Waals surface area contributed by atoms with Crippen molar-refractivity contribution in [2.24, 2.45) is 0 Å². The van der Waals surface area contributed by atoms with Gasteiger partial charge in [-0.3, -0.25) is 9.59 Å². The van der Waals surface area contributed by atoms with Gasteiger partial charge in [0, 0.05) is 30.5 Å². The highest BCUT2D eigenvalue weighted by Gasteiger charge is 2.09. The summed E-state index contributed by atoms with van der Waals surface area (Å²) in [6.07, 6.45) is 10.4. The molecule has 6 heteroatoms. The van der Waals surface area contributed by atoms with Crippen LogP contribution in [0.15, 0.2) is 72.8 Å². The lowest BCUT2D eigenvalue weighted by Gasteiger charge is -2.11. The quantitative estimate of drug-likeness (QED) is 0.291. The molecule has 2 aromatic rings. The zero-order valence-corrected chi connectivity index (χ0v) is 19.0. The molecule has 2 aromatic carbocycles. The van der Waals surface area contributed by atoms with Crippen LogP contribution in [0.5, 0.6) is 0 Å². The molecule has 0 saturated heterocycles. The lowest BCUT2D eigenvalue weighted by molar-refractivity contribution is -0.131. The van der Waals surface area contributed by atoms with Crippen molar-refractivity contribution in [3.8, 4) is 0 Å². The Morgan fingerprint density at radius 1 is 0.788 bits per heavy atom. The molecule has 0 aliphatic carbocycles. The van der Waals surface area contributed by atoms with Crippen molar-refractivity contribution in [3.05, 3.63) is 84.0 Å². The Balaban J connectivity index is 2.06. The van der Waals surface area contributed by atoms with Crippen LogP contribution >= 0.6 is 0 Å². The maximum Gasteiger partial charge on any atom is 0.328 e. The van der Waals surface area contributed by atoms with E-state index in [2.05, 4.69) is 17.6 Å². The molecule has 0 bridgehead atoms. The molecule has 3 N–H and O–H groups in total. The van der Waals surface area contributed by atoms with Gasteiger partial charge in [-0.1, -0.05) is 81.5 Å². The van der Waals surface area contributed by atoms with Gasteiger partial charge < -0.3 is 15.7 Å². The van der Waals surface area contributed by atoms with Crippen molar-refractivity contribution in [3.63, 3.8) is 0 Å². The summed E-state index contributed by atoms with van der Waals surface area (Å²) in [4.78, 5) is 34.9. The Morgan fingerprint density at radius 2 is 1.42 bits per heavy atom. The maximum absolute atomic E-state index is 12.6. The summed E-state index contributed by atoms with van der Waals surface area (Å²) < 4.78 is 0. The first-order chi connectivity index (χ1) is 16.0. The molecule has 0 aromatic heterocycles. The van der Waals surface area contributed by atoms with Gasteiger partial charge in [0.25, 0.3) is 0 Å². The van der Waals surface area contributed by atoms with Gasteiger partial charge in [0.2, 0.25) is 11.8 Å². The number of hydrogen-bond donors (Lipinski definition) is 3. The largest absolute Gasteiger partial charge is 0.478 e. The molecule has 0 saturated carbocycles. The number of carbonyl (C=O) groups excluding carboxylic acids is 2. The molecule has 33 heavy (non-hydrogen) atoms. The standard InChI is InChI=1S/C27H32N2O4/c1-2-3-4-5-6-10-19-28-26(31)20-24(21-11-8-7-9-12-21)22-13-15-23(16-14-22)29-25(30)17-18-27(32)33/h7-9,11-18,20H,2-6,10,19H2,1H3,(H,28,31)(H,29,30)(H,32,33). The van der Waals surface area contributed by atoms with Crippen LogP contribution in [0.3, 0.4) is 0 Å². The smallest absolute Gasteiger partial charge is 0.328 e. The van der Waals surface area contributed by atoms with Crippen LogP contribution in [0.4, 0.5) is 5.69 Å². The highest BCUT2D eigenvalue weighted by molar-refractivity contribution is 6.02. The predicted molar refractivity (Wildman–Crippen MR) is 132 cm³/mol. The fourth-order valence-corrected chi connectivity index (χ4v) is 3.31. The summed E-state index contributed by atoms with van der Waals surface area (Å²) in [7, 11) is 0. The summed E-state index contributed by atoms with van der Waals surface area (Å²) in [5.74, 6) is -1.86. The second kappa shape index (κ2) is 14.4. The van der Waals surface area contributed by atoms with E-state index >= 15 is 0 Å². The topological polar surface area (TPSA) is 95.5 Å². The van der Waals surface area contributed by atoms with E-state index in [9.17, 15) is 14.4 Å². The zero-order chi connectivity index (χ0) is 23.9. The molecule has 0 fully saturated rings. The van der Waals surface area contributed by atoms with Crippen molar-refractivity contribution in [2.75, 3.05) is 11.9 Å². The molecule has 174 valence electrons. The van der Waals surface area contributed by atoms with E-state index in [1.54, 1.807) is 18.2 Å². The normalized spacial score (nSPS) is 11.4. The third kappa shape index (κ3) is 9.99. The molecule has 0 heterocycles. The number of carboxylic acid groups (broad SMARTS) is 1. The highest BCUT2D eigenvalue weighted by atomic mass is 16.4. The number of unbranched alkanes of at least 4 members (excludes halogenated alkanes) is 5. The first kappa shape index (κ1) is 25.6. The minimum absolute atomic E-state index is 0.140. The van der Waals surface area contributed by atoms with E-state index in [1.165, 1.54) is 25.7 Å². The lowest BCUT2D eigenvalue weighted by Crippen LogP contribution is -2.22. The van der Waals surface area contributed by atoms with E-state index in [1.807, 2.05) is 42.5 Å². The Bertz CT molecular complexity index is 963. The number of benzene rings is 2. The fourth-order valence-electron chi connectivity index (χ4n) is 3.31. The van der Waals surface area contributed by atoms with Gasteiger partial charge in [-0.05, 0) is 35.3 Å². The summed E-state index contributed by atoms with van der Waals surface area (Å²) in [6.45, 7) is 2.85. The van der Waals surface area contributed by atoms with E-state index in [-0.39, 0.29) is 5.91 Å². The van der Waals surface area contributed by atoms with Crippen LogP contribution in [-0.4, -0.2) is 29.4 Å². The van der Waals surface area contributed by atoms with E-state index < -0.39 is 11.9 Å². The first-order valence-electron chi connectivity index (χ1n) is 11.4. The Hall–Kier alpha value is -3.67. The highest BCUT2D eigenvalue weighted by Crippen LogP contribution is 2.24. The Morgan fingerprint density at radius 3 is 2.09 bits per heavy atom. The van der Waals surface area contributed by atoms with Gasteiger partial charge >= 0.3 is 5.97 Å². The number of amides is 2. The van der Waals surface area contributed by atoms with Crippen molar-refractivity contribution in [2.45, 2.75) is 45.4 Å². The minimum Gasteiger partial charge on any atom is -0.478 e. The van der Waals surface area contributed by atoms with Crippen LogP contribution in [-0.2, 0) is 14.4 Å². The van der Waals surface area contributed by atoms with Crippen LogP contribution < -0.4 is 10.6 Å². The number of carboxylic acids is 1. The summed E-state index contributed by atoms with van der Waals surface area (Å²) in [5, 5.41) is 14.2. The molecular weight excluding hydrogens is 416 g/mol. The molecule has 6 nitrogen and oxygen atoms in total. The lowest BCUT2D eigenvalue weighted by atomic mass is 9.97. The second-order valence-electron chi connectivity index (χ2n) is 7.72. The van der Waals surface area contributed by atoms with Crippen LogP contribution in [0.1, 0.15) is 56.6 Å². The SMILES string of the molecule is CCCCCCCCNC(=O)C=C(c1ccccc1)c1ccc(NC(=O)C=CC(=O)O)cc1. The summed E-state index contributed by atoms with van der Waals surface area (Å²) in [5.41, 5.74) is 3.04. The summed E-state index contributed by atoms with van der Waals surface area (Å²) >= 11 is 0. The van der Waals surface area contributed by atoms with Gasteiger partial charge in [-0.15, -0.1) is 0 Å². The fraction of sp³-hybridized carbons (Fsp3) is 0.296. The number of aliphatic carboxylic acids is 1. The van der Waals surface area contributed by atoms with E-state index in [0.717, 1.165) is 41.7 Å². The second-order valence-corrected chi connectivity index (χ2v) is 7.72. The maximum atomic E-state index is 12.6. The molecule has 0 aliphatic heterocycles. The molecule has 0 unspecified atom stereocenters. The predicted octanol–water partition coefficient (Wildman–Crippen LogP) is 5.17. The number of anilines is 1. The van der Waals surface area contributed by atoms with Crippen molar-refractivity contribution >= 4 is 29.0 Å². The third-order valence-electron chi connectivity index (χ3n) is 5.03. The van der Waals surface area contributed by atoms with Gasteiger partial charge in [-0.2, -0.15) is 0 Å². The molecule has 2 amide bonds. The number of carbonyl (C=O) groups is 3. The van der Waals surface area contributed by atoms with Gasteiger partial charge in [0.05, 0.1) is 0 Å². The van der Waals surface area contributed by atoms with E-state index in [4.69, 9.17) is 5.11 Å². The monoisotopic (exact) mass is 448 g/mol. The van der Waals surface area contributed by atoms with Crippen LogP contribution in [0, 0.1) is 0 Å². The van der Waals surface area contributed by atoms with E-state index in [0.29, 0.717) is 12.2 Å². The Kier molecular flexibility index (Phi) is 11.2.